The van der Waals surface area contributed by atoms with Gasteiger partial charge in [-0.1, -0.05) is 22.4 Å². The van der Waals surface area contributed by atoms with Crippen molar-refractivity contribution in [2.24, 2.45) is 0 Å². The van der Waals surface area contributed by atoms with Crippen LogP contribution in [0.4, 0.5) is 5.95 Å². The number of imidazole rings is 1. The third-order valence-corrected chi connectivity index (χ3v) is 5.27. The molecule has 1 unspecified atom stereocenters. The number of fused-ring (bicyclic) bond motifs is 1. The van der Waals surface area contributed by atoms with Crippen LogP contribution >= 0.6 is 27.7 Å². The Morgan fingerprint density at radius 3 is 3.11 bits per heavy atom. The topological polar surface area (TPSA) is 43.8 Å². The number of aromatic nitrogens is 2. The number of nitrogens with two attached hydrogens (primary N) is 1. The van der Waals surface area contributed by atoms with E-state index in [2.05, 4.69) is 43.3 Å². The van der Waals surface area contributed by atoms with E-state index in [1.165, 1.54) is 25.0 Å². The first-order valence-electron chi connectivity index (χ1n) is 6.27. The van der Waals surface area contributed by atoms with Gasteiger partial charge in [-0.3, -0.25) is 0 Å². The zero-order valence-electron chi connectivity index (χ0n) is 10.1. The number of hydrogen-bond acceptors (Lipinski definition) is 3. The predicted octanol–water partition coefficient (Wildman–Crippen LogP) is 3.67. The van der Waals surface area contributed by atoms with Gasteiger partial charge >= 0.3 is 0 Å². The molecule has 0 amide bonds. The van der Waals surface area contributed by atoms with Crippen LogP contribution in [-0.2, 0) is 6.54 Å². The molecule has 0 bridgehead atoms. The van der Waals surface area contributed by atoms with Gasteiger partial charge in [0.25, 0.3) is 0 Å². The van der Waals surface area contributed by atoms with E-state index in [1.807, 2.05) is 12.1 Å². The molecular weight excluding hydrogens is 310 g/mol. The highest BCUT2D eigenvalue weighted by molar-refractivity contribution is 9.10. The minimum Gasteiger partial charge on any atom is -0.369 e. The quantitative estimate of drug-likeness (QED) is 0.916. The molecule has 1 aliphatic heterocycles. The first-order valence-corrected chi connectivity index (χ1v) is 8.11. The average molecular weight is 326 g/mol. The summed E-state index contributed by atoms with van der Waals surface area (Å²) in [7, 11) is 0. The SMILES string of the molecule is Nc1nc2ccc(Br)cc2n1CC1CCCCS1. The van der Waals surface area contributed by atoms with Gasteiger partial charge in [-0.2, -0.15) is 11.8 Å². The monoisotopic (exact) mass is 325 g/mol. The second kappa shape index (κ2) is 5.13. The van der Waals surface area contributed by atoms with Gasteiger partial charge in [-0.25, -0.2) is 4.98 Å². The zero-order chi connectivity index (χ0) is 12.5. The maximum absolute atomic E-state index is 6.05. The molecule has 1 saturated heterocycles. The molecular formula is C13H16BrN3S. The summed E-state index contributed by atoms with van der Waals surface area (Å²) >= 11 is 5.58. The Labute approximate surface area is 119 Å². The highest BCUT2D eigenvalue weighted by Crippen LogP contribution is 2.29. The molecule has 18 heavy (non-hydrogen) atoms. The number of anilines is 1. The van der Waals surface area contributed by atoms with Crippen molar-refractivity contribution in [3.63, 3.8) is 0 Å². The number of nitrogen functional groups attached to an aromatic ring is 1. The molecule has 5 heteroatoms. The fourth-order valence-corrected chi connectivity index (χ4v) is 4.10. The Balaban J connectivity index is 1.94. The zero-order valence-corrected chi connectivity index (χ0v) is 12.5. The molecule has 1 aromatic heterocycles. The van der Waals surface area contributed by atoms with Crippen molar-refractivity contribution in [3.05, 3.63) is 22.7 Å². The van der Waals surface area contributed by atoms with Crippen LogP contribution in [0, 0.1) is 0 Å². The number of benzene rings is 1. The average Bonchev–Trinajstić information content (AvgIpc) is 2.67. The van der Waals surface area contributed by atoms with Gasteiger partial charge in [0.15, 0.2) is 0 Å². The summed E-state index contributed by atoms with van der Waals surface area (Å²) in [5.41, 5.74) is 8.16. The molecule has 96 valence electrons. The lowest BCUT2D eigenvalue weighted by atomic mass is 10.2. The summed E-state index contributed by atoms with van der Waals surface area (Å²) in [6.45, 7) is 0.976. The van der Waals surface area contributed by atoms with Crippen molar-refractivity contribution in [3.8, 4) is 0 Å². The fraction of sp³-hybridized carbons (Fsp3) is 0.462. The third-order valence-electron chi connectivity index (χ3n) is 3.40. The van der Waals surface area contributed by atoms with Crippen molar-refractivity contribution in [2.75, 3.05) is 11.5 Å². The standard InChI is InChI=1S/C13H16BrN3S/c14-9-4-5-11-12(7-9)17(13(15)16-11)8-10-3-1-2-6-18-10/h4-5,7,10H,1-3,6,8H2,(H2,15,16). The van der Waals surface area contributed by atoms with Crippen molar-refractivity contribution in [2.45, 2.75) is 31.1 Å². The summed E-state index contributed by atoms with van der Waals surface area (Å²) in [6, 6.07) is 6.13. The van der Waals surface area contributed by atoms with Crippen LogP contribution in [0.25, 0.3) is 11.0 Å². The van der Waals surface area contributed by atoms with Gasteiger partial charge in [-0.05, 0) is 36.8 Å². The third kappa shape index (κ3) is 2.38. The Kier molecular flexibility index (Phi) is 3.52. The van der Waals surface area contributed by atoms with E-state index < -0.39 is 0 Å². The van der Waals surface area contributed by atoms with Gasteiger partial charge in [0.2, 0.25) is 5.95 Å². The first-order chi connectivity index (χ1) is 8.74. The molecule has 0 spiro atoms. The van der Waals surface area contributed by atoms with Crippen LogP contribution in [0.1, 0.15) is 19.3 Å². The van der Waals surface area contributed by atoms with E-state index in [0.29, 0.717) is 11.2 Å². The van der Waals surface area contributed by atoms with E-state index in [0.717, 1.165) is 22.1 Å². The molecule has 0 saturated carbocycles. The van der Waals surface area contributed by atoms with Crippen LogP contribution < -0.4 is 5.73 Å². The molecule has 0 aliphatic carbocycles. The smallest absolute Gasteiger partial charge is 0.201 e. The Bertz CT molecular complexity index is 561. The maximum atomic E-state index is 6.05. The largest absolute Gasteiger partial charge is 0.369 e. The summed E-state index contributed by atoms with van der Waals surface area (Å²) in [5, 5.41) is 0.678. The van der Waals surface area contributed by atoms with Crippen LogP contribution in [0.15, 0.2) is 22.7 Å². The second-order valence-corrected chi connectivity index (χ2v) is 7.03. The summed E-state index contributed by atoms with van der Waals surface area (Å²) in [4.78, 5) is 4.43. The molecule has 3 rings (SSSR count). The second-order valence-electron chi connectivity index (χ2n) is 4.70. The summed E-state index contributed by atoms with van der Waals surface area (Å²) in [5.74, 6) is 1.91. The Morgan fingerprint density at radius 1 is 1.44 bits per heavy atom. The predicted molar refractivity (Wildman–Crippen MR) is 81.9 cm³/mol. The van der Waals surface area contributed by atoms with Gasteiger partial charge < -0.3 is 10.3 Å². The number of thioether (sulfide) groups is 1. The normalized spacial score (nSPS) is 20.4. The van der Waals surface area contributed by atoms with Crippen molar-refractivity contribution < 1.29 is 0 Å². The molecule has 1 atom stereocenters. The van der Waals surface area contributed by atoms with Gasteiger partial charge in [0, 0.05) is 16.3 Å². The fourth-order valence-electron chi connectivity index (χ4n) is 2.46. The Hall–Kier alpha value is -0.680. The lowest BCUT2D eigenvalue weighted by Crippen LogP contribution is -2.18. The van der Waals surface area contributed by atoms with Crippen LogP contribution in [0.3, 0.4) is 0 Å². The molecule has 1 fully saturated rings. The molecule has 0 radical (unpaired) electrons. The van der Waals surface area contributed by atoms with E-state index in [1.54, 1.807) is 0 Å². The van der Waals surface area contributed by atoms with E-state index in [9.17, 15) is 0 Å². The van der Waals surface area contributed by atoms with Gasteiger partial charge in [-0.15, -0.1) is 0 Å². The molecule has 3 nitrogen and oxygen atoms in total. The maximum Gasteiger partial charge on any atom is 0.201 e. The molecule has 2 heterocycles. The minimum absolute atomic E-state index is 0.634. The number of halogens is 1. The molecule has 1 aliphatic rings. The molecule has 1 aromatic carbocycles. The van der Waals surface area contributed by atoms with Crippen molar-refractivity contribution in [1.29, 1.82) is 0 Å². The molecule has 2 aromatic rings. The van der Waals surface area contributed by atoms with Crippen LogP contribution in [0.2, 0.25) is 0 Å². The van der Waals surface area contributed by atoms with Crippen LogP contribution in [-0.4, -0.2) is 20.6 Å². The number of nitrogens with zero attached hydrogens (tertiary/aromatic N) is 2. The molecule has 2 N–H and O–H groups in total. The van der Waals surface area contributed by atoms with E-state index in [4.69, 9.17) is 5.73 Å². The van der Waals surface area contributed by atoms with Gasteiger partial charge in [0.1, 0.15) is 0 Å². The van der Waals surface area contributed by atoms with Crippen molar-refractivity contribution in [1.82, 2.24) is 9.55 Å². The van der Waals surface area contributed by atoms with E-state index >= 15 is 0 Å². The number of hydrogen-bond donors (Lipinski definition) is 1. The lowest BCUT2D eigenvalue weighted by Gasteiger charge is -2.22. The lowest BCUT2D eigenvalue weighted by molar-refractivity contribution is 0.595. The van der Waals surface area contributed by atoms with Gasteiger partial charge in [0.05, 0.1) is 11.0 Å². The highest BCUT2D eigenvalue weighted by atomic mass is 79.9. The minimum atomic E-state index is 0.634. The number of rotatable bonds is 2. The first kappa shape index (κ1) is 12.4. The van der Waals surface area contributed by atoms with E-state index in [-0.39, 0.29) is 0 Å². The summed E-state index contributed by atoms with van der Waals surface area (Å²) in [6.07, 6.45) is 3.98. The highest BCUT2D eigenvalue weighted by Gasteiger charge is 2.17. The Morgan fingerprint density at radius 2 is 2.33 bits per heavy atom. The van der Waals surface area contributed by atoms with Crippen molar-refractivity contribution >= 4 is 44.7 Å². The van der Waals surface area contributed by atoms with Crippen LogP contribution in [0.5, 0.6) is 0 Å². The summed E-state index contributed by atoms with van der Waals surface area (Å²) < 4.78 is 3.23.